The smallest absolute Gasteiger partial charge is 0.412 e. The number of ether oxygens (including phenoxy) is 2. The lowest BCUT2D eigenvalue weighted by atomic mass is 10.1. The lowest BCUT2D eigenvalue weighted by Crippen LogP contribution is -2.36. The molecule has 23 heavy (non-hydrogen) atoms. The van der Waals surface area contributed by atoms with Gasteiger partial charge in [-0.2, -0.15) is 5.06 Å². The first-order valence-corrected chi connectivity index (χ1v) is 7.76. The number of carbonyl (C=O) groups is 2. The quantitative estimate of drug-likeness (QED) is 0.767. The van der Waals surface area contributed by atoms with Gasteiger partial charge in [0, 0.05) is 6.42 Å². The van der Waals surface area contributed by atoms with E-state index >= 15 is 0 Å². The van der Waals surface area contributed by atoms with Gasteiger partial charge in [-0.05, 0) is 12.5 Å². The second kappa shape index (κ2) is 6.97. The highest BCUT2D eigenvalue weighted by atomic mass is 16.7. The van der Waals surface area contributed by atoms with Crippen LogP contribution in [-0.2, 0) is 25.7 Å². The molecule has 0 unspecified atom stereocenters. The van der Waals surface area contributed by atoms with Gasteiger partial charge in [-0.3, -0.25) is 14.5 Å². The van der Waals surface area contributed by atoms with Crippen molar-refractivity contribution in [3.63, 3.8) is 0 Å². The first-order chi connectivity index (χ1) is 11.2. The summed E-state index contributed by atoms with van der Waals surface area (Å²) in [6.45, 7) is 3.35. The number of carbonyl (C=O) groups excluding carboxylic acids is 2. The van der Waals surface area contributed by atoms with E-state index in [9.17, 15) is 9.59 Å². The molecule has 2 aliphatic heterocycles. The molecule has 2 atom stereocenters. The normalized spacial score (nSPS) is 24.7. The van der Waals surface area contributed by atoms with Crippen LogP contribution in [0.25, 0.3) is 0 Å². The number of hydrogen-bond donors (Lipinski definition) is 0. The Bertz CT molecular complexity index is 565. The summed E-state index contributed by atoms with van der Waals surface area (Å²) >= 11 is 0. The summed E-state index contributed by atoms with van der Waals surface area (Å²) in [6, 6.07) is 9.18. The summed E-state index contributed by atoms with van der Waals surface area (Å²) in [6.07, 6.45) is -0.525. The monoisotopic (exact) mass is 320 g/mol. The Labute approximate surface area is 134 Å². The lowest BCUT2D eigenvalue weighted by Gasteiger charge is -2.23. The van der Waals surface area contributed by atoms with Crippen LogP contribution in [0.3, 0.4) is 0 Å². The Morgan fingerprint density at radius 2 is 2.13 bits per heavy atom. The number of amides is 1. The van der Waals surface area contributed by atoms with Crippen LogP contribution >= 0.6 is 0 Å². The third kappa shape index (κ3) is 3.46. The Morgan fingerprint density at radius 1 is 1.35 bits per heavy atom. The molecule has 0 aromatic heterocycles. The van der Waals surface area contributed by atoms with Gasteiger partial charge in [-0.15, -0.1) is 0 Å². The molecule has 3 rings (SSSR count). The number of nitrogens with zero attached hydrogens (tertiary/aromatic N) is 2. The molecule has 0 N–H and O–H groups in total. The van der Waals surface area contributed by atoms with E-state index < -0.39 is 18.4 Å². The second-order valence-corrected chi connectivity index (χ2v) is 5.43. The number of hydroxylamine groups is 2. The third-order valence-corrected chi connectivity index (χ3v) is 3.91. The molecular formula is C16H20N2O5. The van der Waals surface area contributed by atoms with Crippen molar-refractivity contribution in [2.75, 3.05) is 19.8 Å². The van der Waals surface area contributed by atoms with Crippen molar-refractivity contribution in [2.45, 2.75) is 32.2 Å². The average molecular weight is 320 g/mol. The fraction of sp³-hybridized carbons (Fsp3) is 0.500. The van der Waals surface area contributed by atoms with E-state index in [1.165, 1.54) is 4.90 Å². The summed E-state index contributed by atoms with van der Waals surface area (Å²) < 4.78 is 10.1. The van der Waals surface area contributed by atoms with Crippen molar-refractivity contribution in [3.8, 4) is 0 Å². The standard InChI is InChI=1S/C16H20N2O5/c1-2-21-15(19)13-10-14(17-8-9-22-16(17)20)23-18(13)11-12-6-4-3-5-7-12/h3-7,13-14H,2,8-11H2,1H3/t13-,14+/m1/s1. The number of esters is 1. The minimum Gasteiger partial charge on any atom is -0.465 e. The van der Waals surface area contributed by atoms with Gasteiger partial charge in [0.15, 0.2) is 6.23 Å². The molecule has 2 saturated heterocycles. The first kappa shape index (κ1) is 15.8. The van der Waals surface area contributed by atoms with Crippen molar-refractivity contribution < 1.29 is 23.9 Å². The van der Waals surface area contributed by atoms with Crippen LogP contribution in [0.1, 0.15) is 18.9 Å². The topological polar surface area (TPSA) is 68.3 Å². The van der Waals surface area contributed by atoms with E-state index in [-0.39, 0.29) is 5.97 Å². The first-order valence-electron chi connectivity index (χ1n) is 7.76. The highest BCUT2D eigenvalue weighted by molar-refractivity contribution is 5.76. The highest BCUT2D eigenvalue weighted by Crippen LogP contribution is 2.28. The predicted molar refractivity (Wildman–Crippen MR) is 80.0 cm³/mol. The molecule has 7 nitrogen and oxygen atoms in total. The van der Waals surface area contributed by atoms with Gasteiger partial charge >= 0.3 is 12.1 Å². The molecule has 124 valence electrons. The fourth-order valence-electron chi connectivity index (χ4n) is 2.80. The zero-order chi connectivity index (χ0) is 16.2. The van der Waals surface area contributed by atoms with Crippen molar-refractivity contribution in [1.82, 2.24) is 9.96 Å². The summed E-state index contributed by atoms with van der Waals surface area (Å²) in [5.41, 5.74) is 1.02. The Balaban J connectivity index is 1.73. The van der Waals surface area contributed by atoms with Gasteiger partial charge in [-0.25, -0.2) is 4.79 Å². The van der Waals surface area contributed by atoms with Crippen molar-refractivity contribution in [2.24, 2.45) is 0 Å². The summed E-state index contributed by atoms with van der Waals surface area (Å²) in [5.74, 6) is -0.335. The summed E-state index contributed by atoms with van der Waals surface area (Å²) in [5, 5.41) is 1.60. The molecule has 1 aromatic carbocycles. The molecule has 2 fully saturated rings. The van der Waals surface area contributed by atoms with E-state index in [0.717, 1.165) is 5.56 Å². The molecule has 2 heterocycles. The van der Waals surface area contributed by atoms with E-state index in [1.807, 2.05) is 30.3 Å². The summed E-state index contributed by atoms with van der Waals surface area (Å²) in [7, 11) is 0. The Hall–Kier alpha value is -2.12. The predicted octanol–water partition coefficient (Wildman–Crippen LogP) is 1.53. The van der Waals surface area contributed by atoms with Crippen molar-refractivity contribution in [3.05, 3.63) is 35.9 Å². The molecule has 1 amide bonds. The van der Waals surface area contributed by atoms with E-state index in [0.29, 0.717) is 32.7 Å². The Morgan fingerprint density at radius 3 is 2.78 bits per heavy atom. The molecular weight excluding hydrogens is 300 g/mol. The minimum absolute atomic E-state index is 0.310. The zero-order valence-corrected chi connectivity index (χ0v) is 13.0. The van der Waals surface area contributed by atoms with Crippen LogP contribution in [0, 0.1) is 0 Å². The number of rotatable bonds is 5. The van der Waals surface area contributed by atoms with Gasteiger partial charge in [0.1, 0.15) is 12.6 Å². The van der Waals surface area contributed by atoms with Crippen molar-refractivity contribution in [1.29, 1.82) is 0 Å². The number of benzene rings is 1. The third-order valence-electron chi connectivity index (χ3n) is 3.91. The van der Waals surface area contributed by atoms with Gasteiger partial charge in [0.05, 0.1) is 19.7 Å². The molecule has 1 aromatic rings. The second-order valence-electron chi connectivity index (χ2n) is 5.43. The number of cyclic esters (lactones) is 1. The van der Waals surface area contributed by atoms with Crippen LogP contribution in [0.2, 0.25) is 0 Å². The van der Waals surface area contributed by atoms with Crippen molar-refractivity contribution >= 4 is 12.1 Å². The molecule has 2 aliphatic rings. The molecule has 0 aliphatic carbocycles. The highest BCUT2D eigenvalue weighted by Gasteiger charge is 2.44. The fourth-order valence-corrected chi connectivity index (χ4v) is 2.80. The number of hydrogen-bond acceptors (Lipinski definition) is 6. The SMILES string of the molecule is CCOC(=O)[C@H]1C[C@@H](N2CCOC2=O)ON1Cc1ccccc1. The zero-order valence-electron chi connectivity index (χ0n) is 13.0. The van der Waals surface area contributed by atoms with Crippen LogP contribution in [0.15, 0.2) is 30.3 Å². The Kier molecular flexibility index (Phi) is 4.78. The largest absolute Gasteiger partial charge is 0.465 e. The minimum atomic E-state index is -0.534. The van der Waals surface area contributed by atoms with E-state index in [4.69, 9.17) is 14.3 Å². The average Bonchev–Trinajstić information content (AvgIpc) is 3.15. The van der Waals surface area contributed by atoms with Crippen LogP contribution in [0.5, 0.6) is 0 Å². The maximum absolute atomic E-state index is 12.2. The van der Waals surface area contributed by atoms with Gasteiger partial charge in [0.2, 0.25) is 0 Å². The molecule has 0 spiro atoms. The maximum atomic E-state index is 12.2. The van der Waals surface area contributed by atoms with Gasteiger partial charge in [0.25, 0.3) is 0 Å². The van der Waals surface area contributed by atoms with Gasteiger partial charge < -0.3 is 9.47 Å². The molecule has 0 bridgehead atoms. The summed E-state index contributed by atoms with van der Waals surface area (Å²) in [4.78, 5) is 31.3. The van der Waals surface area contributed by atoms with E-state index in [2.05, 4.69) is 0 Å². The maximum Gasteiger partial charge on any atom is 0.412 e. The molecule has 7 heteroatoms. The lowest BCUT2D eigenvalue weighted by molar-refractivity contribution is -0.203. The molecule has 0 saturated carbocycles. The van der Waals surface area contributed by atoms with Crippen LogP contribution in [-0.4, -0.2) is 54.1 Å². The molecule has 0 radical (unpaired) electrons. The van der Waals surface area contributed by atoms with E-state index in [1.54, 1.807) is 12.0 Å². The van der Waals surface area contributed by atoms with Gasteiger partial charge in [-0.1, -0.05) is 30.3 Å². The van der Waals surface area contributed by atoms with Crippen LogP contribution < -0.4 is 0 Å². The van der Waals surface area contributed by atoms with Crippen LogP contribution in [0.4, 0.5) is 4.79 Å².